The average Bonchev–Trinajstić information content (AvgIpc) is 3.08. The molecule has 0 aliphatic rings. The van der Waals surface area contributed by atoms with Crippen LogP contribution in [0.2, 0.25) is 0 Å². The fourth-order valence-corrected chi connectivity index (χ4v) is 2.87. The summed E-state index contributed by atoms with van der Waals surface area (Å²) in [6.45, 7) is 0.571. The second kappa shape index (κ2) is 8.26. The summed E-state index contributed by atoms with van der Waals surface area (Å²) in [5.74, 6) is 0.159. The Hall–Kier alpha value is -3.20. The second-order valence-electron chi connectivity index (χ2n) is 5.34. The molecule has 0 saturated carbocycles. The van der Waals surface area contributed by atoms with E-state index in [1.807, 2.05) is 30.3 Å². The van der Waals surface area contributed by atoms with E-state index < -0.39 is 4.92 Å². The molecular weight excluding hydrogens is 354 g/mol. The highest BCUT2D eigenvalue weighted by Gasteiger charge is 2.09. The third kappa shape index (κ3) is 4.90. The van der Waals surface area contributed by atoms with Crippen LogP contribution in [-0.4, -0.2) is 31.3 Å². The van der Waals surface area contributed by atoms with Gasteiger partial charge in [-0.15, -0.1) is 16.9 Å². The van der Waals surface area contributed by atoms with Gasteiger partial charge in [0.05, 0.1) is 17.2 Å². The molecule has 0 saturated heterocycles. The van der Waals surface area contributed by atoms with Crippen LogP contribution in [0.15, 0.2) is 65.8 Å². The number of anilines is 1. The summed E-state index contributed by atoms with van der Waals surface area (Å²) in [6.07, 6.45) is 1.56. The van der Waals surface area contributed by atoms with Crippen LogP contribution in [0.1, 0.15) is 5.56 Å². The molecule has 0 spiro atoms. The van der Waals surface area contributed by atoms with Crippen LogP contribution in [0.25, 0.3) is 0 Å². The van der Waals surface area contributed by atoms with E-state index in [2.05, 4.69) is 15.4 Å². The summed E-state index contributed by atoms with van der Waals surface area (Å²) in [5.41, 5.74) is 1.11. The second-order valence-corrected chi connectivity index (χ2v) is 6.39. The predicted molar refractivity (Wildman–Crippen MR) is 98.0 cm³/mol. The zero-order chi connectivity index (χ0) is 18.4. The minimum absolute atomic E-state index is 0.0203. The Kier molecular flexibility index (Phi) is 5.59. The molecule has 2 aromatic carbocycles. The molecule has 1 aromatic heterocycles. The number of rotatable bonds is 7. The molecule has 0 atom stereocenters. The molecule has 0 bridgehead atoms. The first-order valence-electron chi connectivity index (χ1n) is 7.70. The van der Waals surface area contributed by atoms with Crippen LogP contribution in [0.5, 0.6) is 0 Å². The first-order chi connectivity index (χ1) is 12.6. The van der Waals surface area contributed by atoms with Crippen molar-refractivity contribution in [2.75, 3.05) is 11.1 Å². The summed E-state index contributed by atoms with van der Waals surface area (Å²) in [6, 6.07) is 15.9. The molecule has 1 amide bonds. The number of hydrogen-bond donors (Lipinski definition) is 1. The number of hydrogen-bond acceptors (Lipinski definition) is 6. The van der Waals surface area contributed by atoms with Gasteiger partial charge in [0.15, 0.2) is 0 Å². The number of carbonyl (C=O) groups is 1. The summed E-state index contributed by atoms with van der Waals surface area (Å²) in [7, 11) is 0. The number of nitro benzene ring substituents is 1. The van der Waals surface area contributed by atoms with E-state index in [4.69, 9.17) is 0 Å². The Morgan fingerprint density at radius 1 is 1.15 bits per heavy atom. The van der Waals surface area contributed by atoms with Crippen molar-refractivity contribution >= 4 is 29.3 Å². The normalized spacial score (nSPS) is 10.5. The molecule has 3 rings (SSSR count). The molecule has 0 fully saturated rings. The number of benzene rings is 2. The van der Waals surface area contributed by atoms with Crippen molar-refractivity contribution in [3.05, 3.63) is 76.6 Å². The van der Waals surface area contributed by atoms with E-state index in [0.717, 1.165) is 10.5 Å². The van der Waals surface area contributed by atoms with Crippen molar-refractivity contribution in [3.63, 3.8) is 0 Å². The smallest absolute Gasteiger partial charge is 0.269 e. The Bertz CT molecular complexity index is 896. The topological polar surface area (TPSA) is 103 Å². The summed E-state index contributed by atoms with van der Waals surface area (Å²) >= 11 is 1.28. The highest BCUT2D eigenvalue weighted by atomic mass is 32.2. The van der Waals surface area contributed by atoms with E-state index in [0.29, 0.717) is 6.54 Å². The van der Waals surface area contributed by atoms with Gasteiger partial charge in [0, 0.05) is 17.0 Å². The van der Waals surface area contributed by atoms with Crippen molar-refractivity contribution < 1.29 is 9.72 Å². The van der Waals surface area contributed by atoms with Crippen molar-refractivity contribution in [1.29, 1.82) is 0 Å². The van der Waals surface area contributed by atoms with Crippen LogP contribution in [0.4, 0.5) is 11.6 Å². The summed E-state index contributed by atoms with van der Waals surface area (Å²) in [5, 5.41) is 17.5. The fraction of sp³-hybridized carbons (Fsp3) is 0.118. The van der Waals surface area contributed by atoms with Crippen LogP contribution in [0, 0.1) is 10.1 Å². The van der Waals surface area contributed by atoms with Gasteiger partial charge in [-0.05, 0) is 17.7 Å². The van der Waals surface area contributed by atoms with Crippen LogP contribution >= 0.6 is 11.8 Å². The zero-order valence-electron chi connectivity index (χ0n) is 13.6. The van der Waals surface area contributed by atoms with Gasteiger partial charge >= 0.3 is 0 Å². The standard InChI is InChI=1S/C17H15N5O3S/c23-16(11-26-15-8-6-14(7-9-15)22(24)25)19-17-18-12-21(20-17)10-13-4-2-1-3-5-13/h1-9,12H,10-11H2,(H,19,20,23). The predicted octanol–water partition coefficient (Wildman–Crippen LogP) is 2.97. The summed E-state index contributed by atoms with van der Waals surface area (Å²) < 4.78 is 1.65. The Labute approximate surface area is 153 Å². The Balaban J connectivity index is 1.50. The fourth-order valence-electron chi connectivity index (χ4n) is 2.17. The largest absolute Gasteiger partial charge is 0.292 e. The van der Waals surface area contributed by atoms with Crippen molar-refractivity contribution in [1.82, 2.24) is 14.8 Å². The minimum Gasteiger partial charge on any atom is -0.292 e. The quantitative estimate of drug-likeness (QED) is 0.390. The molecular formula is C17H15N5O3S. The zero-order valence-corrected chi connectivity index (χ0v) is 14.4. The lowest BCUT2D eigenvalue weighted by atomic mass is 10.2. The SMILES string of the molecule is O=C(CSc1ccc([N+](=O)[O-])cc1)Nc1ncn(Cc2ccccc2)n1. The molecule has 0 aliphatic heterocycles. The average molecular weight is 369 g/mol. The maximum Gasteiger partial charge on any atom is 0.269 e. The van der Waals surface area contributed by atoms with Crippen LogP contribution in [-0.2, 0) is 11.3 Å². The molecule has 26 heavy (non-hydrogen) atoms. The van der Waals surface area contributed by atoms with Crippen LogP contribution in [0.3, 0.4) is 0 Å². The van der Waals surface area contributed by atoms with Gasteiger partial charge in [-0.1, -0.05) is 30.3 Å². The van der Waals surface area contributed by atoms with Crippen molar-refractivity contribution in [2.45, 2.75) is 11.4 Å². The van der Waals surface area contributed by atoms with Gasteiger partial charge < -0.3 is 0 Å². The lowest BCUT2D eigenvalue weighted by Crippen LogP contribution is -2.15. The highest BCUT2D eigenvalue weighted by molar-refractivity contribution is 8.00. The number of nitrogens with one attached hydrogen (secondary N) is 1. The lowest BCUT2D eigenvalue weighted by molar-refractivity contribution is -0.384. The van der Waals surface area contributed by atoms with Gasteiger partial charge in [-0.2, -0.15) is 0 Å². The number of thioether (sulfide) groups is 1. The number of amides is 1. The number of non-ortho nitro benzene ring substituents is 1. The number of aromatic nitrogens is 3. The molecule has 1 heterocycles. The maximum absolute atomic E-state index is 12.0. The number of nitro groups is 1. The molecule has 0 aliphatic carbocycles. The summed E-state index contributed by atoms with van der Waals surface area (Å²) in [4.78, 5) is 27.0. The van der Waals surface area contributed by atoms with Gasteiger partial charge in [0.25, 0.3) is 5.69 Å². The highest BCUT2D eigenvalue weighted by Crippen LogP contribution is 2.21. The molecule has 8 nitrogen and oxygen atoms in total. The van der Waals surface area contributed by atoms with Gasteiger partial charge in [0.1, 0.15) is 6.33 Å². The van der Waals surface area contributed by atoms with Gasteiger partial charge in [-0.25, -0.2) is 9.67 Å². The minimum atomic E-state index is -0.460. The lowest BCUT2D eigenvalue weighted by Gasteiger charge is -2.02. The molecule has 0 radical (unpaired) electrons. The van der Waals surface area contributed by atoms with Gasteiger partial charge in [0.2, 0.25) is 11.9 Å². The Morgan fingerprint density at radius 2 is 1.88 bits per heavy atom. The van der Waals surface area contributed by atoms with Gasteiger partial charge in [-0.3, -0.25) is 20.2 Å². The first-order valence-corrected chi connectivity index (χ1v) is 8.69. The van der Waals surface area contributed by atoms with E-state index >= 15 is 0 Å². The molecule has 132 valence electrons. The molecule has 9 heteroatoms. The maximum atomic E-state index is 12.0. The monoisotopic (exact) mass is 369 g/mol. The first kappa shape index (κ1) is 17.6. The van der Waals surface area contributed by atoms with E-state index in [9.17, 15) is 14.9 Å². The number of nitrogens with zero attached hydrogens (tertiary/aromatic N) is 4. The molecule has 1 N–H and O–H groups in total. The third-order valence-electron chi connectivity index (χ3n) is 3.39. The molecule has 0 unspecified atom stereocenters. The third-order valence-corrected chi connectivity index (χ3v) is 4.40. The van der Waals surface area contributed by atoms with Crippen LogP contribution < -0.4 is 5.32 Å². The molecule has 3 aromatic rings. The van der Waals surface area contributed by atoms with Crippen molar-refractivity contribution in [2.24, 2.45) is 0 Å². The number of carbonyl (C=O) groups excluding carboxylic acids is 1. The Morgan fingerprint density at radius 3 is 2.58 bits per heavy atom. The van der Waals surface area contributed by atoms with E-state index in [-0.39, 0.29) is 23.3 Å². The van der Waals surface area contributed by atoms with Crippen molar-refractivity contribution in [3.8, 4) is 0 Å². The van der Waals surface area contributed by atoms with E-state index in [1.54, 1.807) is 23.1 Å². The van der Waals surface area contributed by atoms with E-state index in [1.165, 1.54) is 23.9 Å².